The second kappa shape index (κ2) is 8.92. The number of amides is 1. The molecule has 0 radical (unpaired) electrons. The Morgan fingerprint density at radius 1 is 1.00 bits per heavy atom. The summed E-state index contributed by atoms with van der Waals surface area (Å²) in [6, 6.07) is 19.0. The van der Waals surface area contributed by atoms with Crippen LogP contribution in [0, 0.1) is 5.82 Å². The van der Waals surface area contributed by atoms with Crippen molar-refractivity contribution in [3.05, 3.63) is 111 Å². The minimum absolute atomic E-state index is 0.0143. The lowest BCUT2D eigenvalue weighted by Crippen LogP contribution is -2.30. The maximum Gasteiger partial charge on any atom is 0.272 e. The lowest BCUT2D eigenvalue weighted by Gasteiger charge is -2.23. The number of hydrogen-bond acceptors (Lipinski definition) is 4. The molecule has 0 atom stereocenters. The summed E-state index contributed by atoms with van der Waals surface area (Å²) in [4.78, 5) is 26.8. The molecule has 0 aliphatic rings. The van der Waals surface area contributed by atoms with E-state index in [9.17, 15) is 14.0 Å². The molecule has 5 aromatic rings. The van der Waals surface area contributed by atoms with Gasteiger partial charge in [-0.3, -0.25) is 14.7 Å². The van der Waals surface area contributed by atoms with E-state index < -0.39 is 5.82 Å². The van der Waals surface area contributed by atoms with E-state index in [-0.39, 0.29) is 28.6 Å². The molecule has 3 aromatic carbocycles. The summed E-state index contributed by atoms with van der Waals surface area (Å²) in [5.41, 5.74) is 2.25. The number of benzene rings is 3. The summed E-state index contributed by atoms with van der Waals surface area (Å²) < 4.78 is 14.6. The number of nitrogens with one attached hydrogen (secondary N) is 2. The number of carbonyl (C=O) groups excluding carboxylic acids is 1. The fourth-order valence-corrected chi connectivity index (χ4v) is 3.97. The van der Waals surface area contributed by atoms with Crippen molar-refractivity contribution in [2.24, 2.45) is 0 Å². The van der Waals surface area contributed by atoms with Crippen molar-refractivity contribution in [1.29, 1.82) is 0 Å². The monoisotopic (exact) mass is 473 g/mol. The van der Waals surface area contributed by atoms with Crippen LogP contribution in [0.5, 0.6) is 0 Å². The summed E-state index contributed by atoms with van der Waals surface area (Å²) in [6.07, 6.45) is 2.89. The van der Waals surface area contributed by atoms with Crippen molar-refractivity contribution in [2.75, 3.05) is 4.90 Å². The molecule has 7 nitrogen and oxygen atoms in total. The molecule has 1 amide bonds. The second-order valence-corrected chi connectivity index (χ2v) is 7.99. The van der Waals surface area contributed by atoms with Crippen LogP contribution in [0.15, 0.2) is 83.9 Å². The molecule has 0 bridgehead atoms. The average molecular weight is 474 g/mol. The van der Waals surface area contributed by atoms with E-state index in [1.165, 1.54) is 23.4 Å². The van der Waals surface area contributed by atoms with Crippen molar-refractivity contribution in [2.45, 2.75) is 6.54 Å². The Bertz CT molecular complexity index is 1550. The van der Waals surface area contributed by atoms with Crippen LogP contribution in [-0.4, -0.2) is 26.3 Å². The molecule has 2 N–H and O–H groups in total. The lowest BCUT2D eigenvalue weighted by molar-refractivity contribution is 0.0985. The van der Waals surface area contributed by atoms with Crippen LogP contribution in [0.3, 0.4) is 0 Å². The number of rotatable bonds is 5. The number of fused-ring (bicyclic) bond motifs is 1. The Hall–Kier alpha value is -4.30. The second-order valence-electron chi connectivity index (χ2n) is 7.59. The first-order valence-corrected chi connectivity index (χ1v) is 10.7. The maximum atomic E-state index is 14.6. The van der Waals surface area contributed by atoms with Gasteiger partial charge in [0.25, 0.3) is 11.5 Å². The Labute approximate surface area is 197 Å². The molecule has 0 spiro atoms. The normalized spacial score (nSPS) is 11.0. The highest BCUT2D eigenvalue weighted by Gasteiger charge is 2.21. The molecule has 9 heteroatoms. The van der Waals surface area contributed by atoms with Gasteiger partial charge < -0.3 is 4.90 Å². The summed E-state index contributed by atoms with van der Waals surface area (Å²) in [5.74, 6) is -0.928. The van der Waals surface area contributed by atoms with E-state index in [4.69, 9.17) is 11.6 Å². The molecular weight excluding hydrogens is 457 g/mol. The number of aromatic amines is 2. The first-order chi connectivity index (χ1) is 16.5. The van der Waals surface area contributed by atoms with E-state index in [1.807, 2.05) is 12.1 Å². The molecular formula is C25H17ClFN5O2. The molecule has 168 valence electrons. The molecule has 34 heavy (non-hydrogen) atoms. The fourth-order valence-electron chi connectivity index (χ4n) is 3.78. The van der Waals surface area contributed by atoms with Gasteiger partial charge in [-0.05, 0) is 24.3 Å². The summed E-state index contributed by atoms with van der Waals surface area (Å²) >= 11 is 5.94. The van der Waals surface area contributed by atoms with Gasteiger partial charge in [0.05, 0.1) is 34.4 Å². The molecule has 2 heterocycles. The fraction of sp³-hybridized carbons (Fsp3) is 0.0400. The van der Waals surface area contributed by atoms with Crippen LogP contribution < -0.4 is 10.5 Å². The van der Waals surface area contributed by atoms with Crippen LogP contribution in [-0.2, 0) is 6.54 Å². The van der Waals surface area contributed by atoms with Gasteiger partial charge in [-0.25, -0.2) is 9.49 Å². The minimum Gasteiger partial charge on any atom is -0.304 e. The number of nitrogens with zero attached hydrogens (tertiary/aromatic N) is 3. The highest BCUT2D eigenvalue weighted by atomic mass is 35.5. The summed E-state index contributed by atoms with van der Waals surface area (Å²) in [6.45, 7) is -0.0322. The maximum absolute atomic E-state index is 14.6. The van der Waals surface area contributed by atoms with Gasteiger partial charge in [0.1, 0.15) is 5.82 Å². The third-order valence-electron chi connectivity index (χ3n) is 5.50. The number of carbonyl (C=O) groups is 1. The van der Waals surface area contributed by atoms with Gasteiger partial charge in [-0.2, -0.15) is 10.2 Å². The van der Waals surface area contributed by atoms with Crippen LogP contribution in [0.25, 0.3) is 22.0 Å². The molecule has 0 aliphatic carbocycles. The zero-order valence-electron chi connectivity index (χ0n) is 17.6. The van der Waals surface area contributed by atoms with Gasteiger partial charge in [0.15, 0.2) is 0 Å². The number of anilines is 1. The smallest absolute Gasteiger partial charge is 0.272 e. The van der Waals surface area contributed by atoms with Crippen LogP contribution in [0.1, 0.15) is 15.9 Å². The predicted octanol–water partition coefficient (Wildman–Crippen LogP) is 4.95. The predicted molar refractivity (Wildman–Crippen MR) is 128 cm³/mol. The Morgan fingerprint density at radius 2 is 1.76 bits per heavy atom. The number of aromatic nitrogens is 4. The highest BCUT2D eigenvalue weighted by Crippen LogP contribution is 2.29. The van der Waals surface area contributed by atoms with Crippen LogP contribution >= 0.6 is 11.6 Å². The first-order valence-electron chi connectivity index (χ1n) is 10.3. The zero-order valence-corrected chi connectivity index (χ0v) is 18.4. The highest BCUT2D eigenvalue weighted by molar-refractivity contribution is 6.30. The molecule has 2 aromatic heterocycles. The van der Waals surface area contributed by atoms with Gasteiger partial charge >= 0.3 is 0 Å². The lowest BCUT2D eigenvalue weighted by atomic mass is 10.0. The topological polar surface area (TPSA) is 94.7 Å². The van der Waals surface area contributed by atoms with Gasteiger partial charge in [-0.15, -0.1) is 0 Å². The average Bonchev–Trinajstić information content (AvgIpc) is 3.40. The first kappa shape index (κ1) is 21.5. The summed E-state index contributed by atoms with van der Waals surface area (Å²) in [5, 5.41) is 14.4. The molecule has 0 unspecified atom stereocenters. The third-order valence-corrected chi connectivity index (χ3v) is 5.79. The van der Waals surface area contributed by atoms with E-state index in [0.717, 1.165) is 5.56 Å². The minimum atomic E-state index is -0.574. The standard InChI is InChI=1S/C25H17ClFN5O2/c26-21-7-3-4-16(22(21)27)14-32(25(34)17-12-28-29-13-17)18-10-8-15(9-11-18)23-19-5-1-2-6-20(19)24(33)31-30-23/h1-13H,14H2,(H,28,29)(H,31,33). The number of hydrogen-bond donors (Lipinski definition) is 2. The Morgan fingerprint density at radius 3 is 2.50 bits per heavy atom. The Balaban J connectivity index is 1.55. The van der Waals surface area contributed by atoms with E-state index >= 15 is 0 Å². The van der Waals surface area contributed by atoms with Crippen molar-refractivity contribution in [1.82, 2.24) is 20.4 Å². The van der Waals surface area contributed by atoms with E-state index in [1.54, 1.807) is 48.5 Å². The van der Waals surface area contributed by atoms with Crippen molar-refractivity contribution >= 4 is 34.0 Å². The van der Waals surface area contributed by atoms with E-state index in [2.05, 4.69) is 20.4 Å². The quantitative estimate of drug-likeness (QED) is 0.377. The number of halogens is 2. The van der Waals surface area contributed by atoms with E-state index in [0.29, 0.717) is 27.7 Å². The van der Waals surface area contributed by atoms with Crippen molar-refractivity contribution in [3.8, 4) is 11.3 Å². The largest absolute Gasteiger partial charge is 0.304 e. The SMILES string of the molecule is O=C(c1cn[nH]c1)N(Cc1cccc(Cl)c1F)c1ccc(-c2n[nH]c(=O)c3ccccc23)cc1. The molecule has 0 saturated heterocycles. The Kier molecular flexibility index (Phi) is 5.65. The van der Waals surface area contributed by atoms with Gasteiger partial charge in [0, 0.05) is 28.4 Å². The van der Waals surface area contributed by atoms with Crippen molar-refractivity contribution in [3.63, 3.8) is 0 Å². The molecule has 5 rings (SSSR count). The number of H-pyrrole nitrogens is 2. The molecule has 0 saturated carbocycles. The van der Waals surface area contributed by atoms with Gasteiger partial charge in [0.2, 0.25) is 0 Å². The summed E-state index contributed by atoms with van der Waals surface area (Å²) in [7, 11) is 0. The zero-order chi connectivity index (χ0) is 23.7. The van der Waals surface area contributed by atoms with Crippen molar-refractivity contribution < 1.29 is 9.18 Å². The third kappa shape index (κ3) is 3.95. The van der Waals surface area contributed by atoms with Crippen LogP contribution in [0.2, 0.25) is 5.02 Å². The molecule has 0 fully saturated rings. The molecule has 0 aliphatic heterocycles. The van der Waals surface area contributed by atoms with Gasteiger partial charge in [-0.1, -0.05) is 54.1 Å². The van der Waals surface area contributed by atoms with Crippen LogP contribution in [0.4, 0.5) is 10.1 Å².